The fourth-order valence-corrected chi connectivity index (χ4v) is 4.00. The number of hydrogen-bond donors (Lipinski definition) is 2. The van der Waals surface area contributed by atoms with Crippen LogP contribution in [-0.4, -0.2) is 51.1 Å². The monoisotopic (exact) mass is 420 g/mol. The van der Waals surface area contributed by atoms with E-state index in [9.17, 15) is 0 Å². The summed E-state index contributed by atoms with van der Waals surface area (Å²) in [6.07, 6.45) is 4.50. The minimum atomic E-state index is 0.447. The highest BCUT2D eigenvalue weighted by Gasteiger charge is 2.22. The highest BCUT2D eigenvalue weighted by molar-refractivity contribution is 5.49. The molecular formula is C23H32N8. The van der Waals surface area contributed by atoms with Crippen LogP contribution in [0.1, 0.15) is 42.9 Å². The van der Waals surface area contributed by atoms with E-state index in [1.807, 2.05) is 69.2 Å². The van der Waals surface area contributed by atoms with Gasteiger partial charge in [0.15, 0.2) is 0 Å². The second-order valence-corrected chi connectivity index (χ2v) is 8.48. The number of aryl methyl sites for hydroxylation is 2. The molecule has 1 aliphatic carbocycles. The smallest absolute Gasteiger partial charge is 0.133 e. The van der Waals surface area contributed by atoms with Crippen molar-refractivity contribution in [1.82, 2.24) is 30.3 Å². The molecule has 31 heavy (non-hydrogen) atoms. The Kier molecular flexibility index (Phi) is 6.46. The van der Waals surface area contributed by atoms with Gasteiger partial charge in [0.2, 0.25) is 0 Å². The minimum Gasteiger partial charge on any atom is -0.367 e. The molecule has 1 aliphatic rings. The second-order valence-electron chi connectivity index (χ2n) is 8.48. The Hall–Kier alpha value is -3.00. The van der Waals surface area contributed by atoms with Crippen LogP contribution in [-0.2, 0) is 6.54 Å². The Morgan fingerprint density at radius 3 is 2.39 bits per heavy atom. The molecule has 0 saturated heterocycles. The van der Waals surface area contributed by atoms with Gasteiger partial charge >= 0.3 is 0 Å². The topological polar surface area (TPSA) is 83.8 Å². The Bertz CT molecular complexity index is 990. The highest BCUT2D eigenvalue weighted by Crippen LogP contribution is 2.23. The van der Waals surface area contributed by atoms with Crippen LogP contribution >= 0.6 is 0 Å². The summed E-state index contributed by atoms with van der Waals surface area (Å²) in [6, 6.07) is 13.0. The summed E-state index contributed by atoms with van der Waals surface area (Å²) in [5, 5.41) is 16.5. The molecule has 0 aliphatic heterocycles. The number of hydrogen-bond acceptors (Lipinski definition) is 7. The zero-order valence-corrected chi connectivity index (χ0v) is 18.8. The SMILES string of the molecule is Cc1nc(NC2CCC(NCc3nn(-c4ccccc4)nc3C)CC2)cc(N(C)C)n1. The van der Waals surface area contributed by atoms with Crippen molar-refractivity contribution in [3.05, 3.63) is 53.6 Å². The Morgan fingerprint density at radius 1 is 0.968 bits per heavy atom. The normalized spacial score (nSPS) is 18.7. The van der Waals surface area contributed by atoms with Crippen LogP contribution in [0, 0.1) is 13.8 Å². The molecular weight excluding hydrogens is 388 g/mol. The van der Waals surface area contributed by atoms with Gasteiger partial charge < -0.3 is 15.5 Å². The van der Waals surface area contributed by atoms with Gasteiger partial charge in [-0.1, -0.05) is 18.2 Å². The molecule has 0 atom stereocenters. The summed E-state index contributed by atoms with van der Waals surface area (Å²) in [5.41, 5.74) is 2.97. The molecule has 0 bridgehead atoms. The van der Waals surface area contributed by atoms with Crippen molar-refractivity contribution in [2.24, 2.45) is 0 Å². The van der Waals surface area contributed by atoms with Gasteiger partial charge in [0.25, 0.3) is 0 Å². The van der Waals surface area contributed by atoms with Gasteiger partial charge in [-0.25, -0.2) is 9.97 Å². The molecule has 0 unspecified atom stereocenters. The Balaban J connectivity index is 1.28. The molecule has 0 spiro atoms. The van der Waals surface area contributed by atoms with E-state index in [1.54, 1.807) is 4.80 Å². The zero-order valence-electron chi connectivity index (χ0n) is 18.8. The second kappa shape index (κ2) is 9.43. The van der Waals surface area contributed by atoms with Crippen LogP contribution in [0.25, 0.3) is 5.69 Å². The molecule has 2 aromatic heterocycles. The van der Waals surface area contributed by atoms with Crippen molar-refractivity contribution in [2.45, 2.75) is 58.2 Å². The van der Waals surface area contributed by atoms with Gasteiger partial charge in [0, 0.05) is 38.8 Å². The van der Waals surface area contributed by atoms with E-state index >= 15 is 0 Å². The highest BCUT2D eigenvalue weighted by atomic mass is 15.5. The number of para-hydroxylation sites is 1. The first kappa shape index (κ1) is 21.2. The van der Waals surface area contributed by atoms with E-state index in [0.29, 0.717) is 12.1 Å². The number of nitrogens with zero attached hydrogens (tertiary/aromatic N) is 6. The lowest BCUT2D eigenvalue weighted by molar-refractivity contribution is 0.351. The largest absolute Gasteiger partial charge is 0.367 e. The van der Waals surface area contributed by atoms with Crippen molar-refractivity contribution in [1.29, 1.82) is 0 Å². The number of aromatic nitrogens is 5. The van der Waals surface area contributed by atoms with Crippen LogP contribution in [0.3, 0.4) is 0 Å². The lowest BCUT2D eigenvalue weighted by atomic mass is 9.91. The van der Waals surface area contributed by atoms with Crippen LogP contribution in [0.4, 0.5) is 11.6 Å². The quantitative estimate of drug-likeness (QED) is 0.607. The van der Waals surface area contributed by atoms with Crippen molar-refractivity contribution in [3.63, 3.8) is 0 Å². The maximum absolute atomic E-state index is 4.68. The van der Waals surface area contributed by atoms with Crippen molar-refractivity contribution in [3.8, 4) is 5.69 Å². The lowest BCUT2D eigenvalue weighted by Gasteiger charge is -2.30. The average molecular weight is 421 g/mol. The Labute approximate surface area is 184 Å². The van der Waals surface area contributed by atoms with Gasteiger partial charge in [0.1, 0.15) is 17.5 Å². The summed E-state index contributed by atoms with van der Waals surface area (Å²) >= 11 is 0. The van der Waals surface area contributed by atoms with Gasteiger partial charge in [-0.05, 0) is 51.7 Å². The predicted molar refractivity (Wildman–Crippen MR) is 124 cm³/mol. The predicted octanol–water partition coefficient (Wildman–Crippen LogP) is 3.25. The lowest BCUT2D eigenvalue weighted by Crippen LogP contribution is -2.37. The van der Waals surface area contributed by atoms with E-state index in [2.05, 4.69) is 30.8 Å². The molecule has 0 radical (unpaired) electrons. The summed E-state index contributed by atoms with van der Waals surface area (Å²) in [7, 11) is 4.01. The van der Waals surface area contributed by atoms with Gasteiger partial charge in [-0.15, -0.1) is 0 Å². The van der Waals surface area contributed by atoms with Crippen molar-refractivity contribution < 1.29 is 0 Å². The van der Waals surface area contributed by atoms with Crippen molar-refractivity contribution >= 4 is 11.6 Å². The summed E-state index contributed by atoms with van der Waals surface area (Å²) < 4.78 is 0. The third kappa shape index (κ3) is 5.38. The maximum atomic E-state index is 4.68. The fourth-order valence-electron chi connectivity index (χ4n) is 4.00. The summed E-state index contributed by atoms with van der Waals surface area (Å²) in [6.45, 7) is 4.71. The number of benzene rings is 1. The Morgan fingerprint density at radius 2 is 1.68 bits per heavy atom. The molecule has 0 amide bonds. The molecule has 4 rings (SSSR count). The minimum absolute atomic E-state index is 0.447. The molecule has 2 N–H and O–H groups in total. The first-order valence-electron chi connectivity index (χ1n) is 11.0. The van der Waals surface area contributed by atoms with Gasteiger partial charge in [-0.3, -0.25) is 0 Å². The van der Waals surface area contributed by atoms with Crippen LogP contribution in [0.15, 0.2) is 36.4 Å². The van der Waals surface area contributed by atoms with Gasteiger partial charge in [0.05, 0.1) is 17.1 Å². The zero-order chi connectivity index (χ0) is 21.8. The number of rotatable bonds is 7. The molecule has 1 fully saturated rings. The summed E-state index contributed by atoms with van der Waals surface area (Å²) in [5.74, 6) is 2.65. The first-order chi connectivity index (χ1) is 15.0. The average Bonchev–Trinajstić information content (AvgIpc) is 3.14. The third-order valence-corrected chi connectivity index (χ3v) is 5.78. The van der Waals surface area contributed by atoms with E-state index in [-0.39, 0.29) is 0 Å². The molecule has 8 nitrogen and oxygen atoms in total. The standard InChI is InChI=1S/C23H32N8/c1-16-21(29-31(28-16)20-8-6-5-7-9-20)15-24-18-10-12-19(13-11-18)27-22-14-23(30(3)4)26-17(2)25-22/h5-9,14,18-19,24H,10-13,15H2,1-4H3,(H,25,26,27). The van der Waals surface area contributed by atoms with Crippen molar-refractivity contribution in [2.75, 3.05) is 24.3 Å². The van der Waals surface area contributed by atoms with E-state index < -0.39 is 0 Å². The molecule has 8 heteroatoms. The molecule has 1 saturated carbocycles. The van der Waals surface area contributed by atoms with Crippen LogP contribution in [0.2, 0.25) is 0 Å². The number of nitrogens with one attached hydrogen (secondary N) is 2. The first-order valence-corrected chi connectivity index (χ1v) is 11.0. The van der Waals surface area contributed by atoms with Crippen LogP contribution in [0.5, 0.6) is 0 Å². The van der Waals surface area contributed by atoms with E-state index in [0.717, 1.165) is 66.8 Å². The van der Waals surface area contributed by atoms with E-state index in [1.165, 1.54) is 0 Å². The third-order valence-electron chi connectivity index (χ3n) is 5.78. The molecule has 2 heterocycles. The number of anilines is 2. The maximum Gasteiger partial charge on any atom is 0.133 e. The molecule has 164 valence electrons. The molecule has 1 aromatic carbocycles. The van der Waals surface area contributed by atoms with Gasteiger partial charge in [-0.2, -0.15) is 15.0 Å². The van der Waals surface area contributed by atoms with E-state index in [4.69, 9.17) is 0 Å². The fraction of sp³-hybridized carbons (Fsp3) is 0.478. The molecule has 3 aromatic rings. The van der Waals surface area contributed by atoms with Crippen LogP contribution < -0.4 is 15.5 Å². The summed E-state index contributed by atoms with van der Waals surface area (Å²) in [4.78, 5) is 12.8.